The van der Waals surface area contributed by atoms with E-state index in [-0.39, 0.29) is 18.4 Å². The Labute approximate surface area is 150 Å². The van der Waals surface area contributed by atoms with E-state index in [1.165, 1.54) is 7.11 Å². The number of nitrogens with zero attached hydrogens (tertiary/aromatic N) is 1. The quantitative estimate of drug-likeness (QED) is 0.862. The van der Waals surface area contributed by atoms with E-state index >= 15 is 0 Å². The molecule has 0 radical (unpaired) electrons. The first kappa shape index (κ1) is 17.3. The molecule has 1 aliphatic rings. The van der Waals surface area contributed by atoms with Crippen LogP contribution in [0.15, 0.2) is 36.4 Å². The van der Waals surface area contributed by atoms with Gasteiger partial charge in [-0.2, -0.15) is 5.26 Å². The van der Waals surface area contributed by atoms with E-state index < -0.39 is 0 Å². The van der Waals surface area contributed by atoms with Crippen molar-refractivity contribution >= 4 is 23.2 Å². The number of hydrogen-bond acceptors (Lipinski definition) is 5. The van der Waals surface area contributed by atoms with Crippen LogP contribution in [0.3, 0.4) is 0 Å². The minimum atomic E-state index is -0.323. The lowest BCUT2D eigenvalue weighted by atomic mass is 10.0. The Morgan fingerprint density at radius 2 is 2.08 bits per heavy atom. The molecule has 0 aromatic heterocycles. The minimum Gasteiger partial charge on any atom is -0.493 e. The van der Waals surface area contributed by atoms with Crippen molar-refractivity contribution in [1.29, 1.82) is 5.26 Å². The predicted octanol–water partition coefficient (Wildman–Crippen LogP) is 2.47. The Kier molecular flexibility index (Phi) is 5.04. The number of methoxy groups -OCH3 is 1. The molecule has 1 aliphatic heterocycles. The number of benzene rings is 2. The van der Waals surface area contributed by atoms with E-state index in [1.54, 1.807) is 30.3 Å². The highest BCUT2D eigenvalue weighted by Gasteiger charge is 2.15. The summed E-state index contributed by atoms with van der Waals surface area (Å²) in [5, 5.41) is 14.5. The van der Waals surface area contributed by atoms with E-state index in [0.29, 0.717) is 35.6 Å². The normalized spacial score (nSPS) is 12.4. The first-order valence-electron chi connectivity index (χ1n) is 8.02. The van der Waals surface area contributed by atoms with Gasteiger partial charge in [-0.15, -0.1) is 0 Å². The van der Waals surface area contributed by atoms with Crippen LogP contribution in [0.4, 0.5) is 11.4 Å². The molecule has 0 fully saturated rings. The zero-order valence-corrected chi connectivity index (χ0v) is 14.2. The average Bonchev–Trinajstić information content (AvgIpc) is 2.66. The molecule has 0 aliphatic carbocycles. The molecule has 2 aromatic rings. The maximum absolute atomic E-state index is 12.1. The molecule has 0 unspecified atom stereocenters. The van der Waals surface area contributed by atoms with Crippen molar-refractivity contribution in [2.75, 3.05) is 24.4 Å². The van der Waals surface area contributed by atoms with Crippen LogP contribution in [0.25, 0.3) is 0 Å². The Balaban J connectivity index is 1.61. The number of aryl methyl sites for hydroxylation is 1. The summed E-state index contributed by atoms with van der Waals surface area (Å²) < 4.78 is 10.7. The number of ether oxygens (including phenoxy) is 2. The zero-order chi connectivity index (χ0) is 18.5. The van der Waals surface area contributed by atoms with Gasteiger partial charge in [0, 0.05) is 23.9 Å². The van der Waals surface area contributed by atoms with Gasteiger partial charge in [0.1, 0.15) is 0 Å². The molecule has 2 amide bonds. The maximum Gasteiger partial charge on any atom is 0.262 e. The fourth-order valence-electron chi connectivity index (χ4n) is 2.66. The molecular weight excluding hydrogens is 334 g/mol. The van der Waals surface area contributed by atoms with Crippen LogP contribution < -0.4 is 20.1 Å². The van der Waals surface area contributed by atoms with Gasteiger partial charge in [0.05, 0.1) is 18.7 Å². The smallest absolute Gasteiger partial charge is 0.262 e. The first-order chi connectivity index (χ1) is 12.6. The van der Waals surface area contributed by atoms with E-state index in [0.717, 1.165) is 11.3 Å². The second-order valence-electron chi connectivity index (χ2n) is 5.73. The Morgan fingerprint density at radius 1 is 1.23 bits per heavy atom. The standard InChI is InChI=1S/C19H17N3O4/c1-25-17-8-12(10-20)2-6-16(17)26-11-19(24)21-14-4-5-15-13(9-14)3-7-18(23)22-15/h2,4-6,8-9H,3,7,11H2,1H3,(H,21,24)(H,22,23). The number of anilines is 2. The molecule has 0 atom stereocenters. The van der Waals surface area contributed by atoms with Gasteiger partial charge in [-0.05, 0) is 42.3 Å². The van der Waals surface area contributed by atoms with Crippen molar-refractivity contribution in [2.24, 2.45) is 0 Å². The van der Waals surface area contributed by atoms with Crippen molar-refractivity contribution < 1.29 is 19.1 Å². The third-order valence-electron chi connectivity index (χ3n) is 3.94. The highest BCUT2D eigenvalue weighted by molar-refractivity contribution is 5.96. The summed E-state index contributed by atoms with van der Waals surface area (Å²) in [4.78, 5) is 23.5. The van der Waals surface area contributed by atoms with Crippen LogP contribution in [0.5, 0.6) is 11.5 Å². The molecule has 0 spiro atoms. The number of nitriles is 1. The molecule has 3 rings (SSSR count). The minimum absolute atomic E-state index is 0.000880. The van der Waals surface area contributed by atoms with Crippen molar-refractivity contribution in [1.82, 2.24) is 0 Å². The van der Waals surface area contributed by atoms with E-state index in [4.69, 9.17) is 14.7 Å². The van der Waals surface area contributed by atoms with Crippen LogP contribution in [0.1, 0.15) is 17.5 Å². The zero-order valence-electron chi connectivity index (χ0n) is 14.2. The summed E-state index contributed by atoms with van der Waals surface area (Å²) in [6.45, 7) is -0.198. The van der Waals surface area contributed by atoms with Gasteiger partial charge in [0.15, 0.2) is 18.1 Å². The SMILES string of the molecule is COc1cc(C#N)ccc1OCC(=O)Nc1ccc2c(c1)CCC(=O)N2. The van der Waals surface area contributed by atoms with Crippen LogP contribution in [-0.2, 0) is 16.0 Å². The fraction of sp³-hybridized carbons (Fsp3) is 0.211. The molecule has 0 saturated carbocycles. The molecule has 7 nitrogen and oxygen atoms in total. The lowest BCUT2D eigenvalue weighted by Crippen LogP contribution is -2.22. The van der Waals surface area contributed by atoms with E-state index in [2.05, 4.69) is 10.6 Å². The topological polar surface area (TPSA) is 100 Å². The third kappa shape index (κ3) is 3.92. The molecule has 0 bridgehead atoms. The van der Waals surface area contributed by atoms with Gasteiger partial charge in [0.2, 0.25) is 5.91 Å². The summed E-state index contributed by atoms with van der Waals surface area (Å²) >= 11 is 0. The van der Waals surface area contributed by atoms with Gasteiger partial charge in [0.25, 0.3) is 5.91 Å². The summed E-state index contributed by atoms with van der Waals surface area (Å²) in [5.74, 6) is 0.450. The molecular formula is C19H17N3O4. The Morgan fingerprint density at radius 3 is 2.85 bits per heavy atom. The number of amides is 2. The van der Waals surface area contributed by atoms with Gasteiger partial charge < -0.3 is 20.1 Å². The average molecular weight is 351 g/mol. The summed E-state index contributed by atoms with van der Waals surface area (Å²) in [5.41, 5.74) is 2.84. The largest absolute Gasteiger partial charge is 0.493 e. The monoisotopic (exact) mass is 351 g/mol. The third-order valence-corrected chi connectivity index (χ3v) is 3.94. The second-order valence-corrected chi connectivity index (χ2v) is 5.73. The molecule has 2 aromatic carbocycles. The number of carbonyl (C=O) groups excluding carboxylic acids is 2. The second kappa shape index (κ2) is 7.57. The number of rotatable bonds is 5. The molecule has 1 heterocycles. The number of fused-ring (bicyclic) bond motifs is 1. The number of carbonyl (C=O) groups is 2. The van der Waals surface area contributed by atoms with Crippen LogP contribution in [0.2, 0.25) is 0 Å². The van der Waals surface area contributed by atoms with E-state index in [9.17, 15) is 9.59 Å². The van der Waals surface area contributed by atoms with E-state index in [1.807, 2.05) is 12.1 Å². The van der Waals surface area contributed by atoms with Crippen molar-refractivity contribution in [3.05, 3.63) is 47.5 Å². The first-order valence-corrected chi connectivity index (χ1v) is 8.02. The van der Waals surface area contributed by atoms with Crippen molar-refractivity contribution in [3.8, 4) is 17.6 Å². The number of hydrogen-bond donors (Lipinski definition) is 2. The van der Waals surface area contributed by atoms with Gasteiger partial charge >= 0.3 is 0 Å². The summed E-state index contributed by atoms with van der Waals surface area (Å²) in [7, 11) is 1.47. The van der Waals surface area contributed by atoms with Gasteiger partial charge in [-0.3, -0.25) is 9.59 Å². The van der Waals surface area contributed by atoms with Crippen LogP contribution >= 0.6 is 0 Å². The highest BCUT2D eigenvalue weighted by Crippen LogP contribution is 2.28. The van der Waals surface area contributed by atoms with Gasteiger partial charge in [-0.25, -0.2) is 0 Å². The highest BCUT2D eigenvalue weighted by atomic mass is 16.5. The molecule has 0 saturated heterocycles. The number of nitrogens with one attached hydrogen (secondary N) is 2. The molecule has 7 heteroatoms. The summed E-state index contributed by atoms with van der Waals surface area (Å²) in [6.07, 6.45) is 1.08. The molecule has 26 heavy (non-hydrogen) atoms. The van der Waals surface area contributed by atoms with Gasteiger partial charge in [-0.1, -0.05) is 0 Å². The lowest BCUT2D eigenvalue weighted by Gasteiger charge is -2.18. The lowest BCUT2D eigenvalue weighted by molar-refractivity contribution is -0.118. The predicted molar refractivity (Wildman–Crippen MR) is 95.2 cm³/mol. The molecule has 2 N–H and O–H groups in total. The Bertz CT molecular complexity index is 902. The van der Waals surface area contributed by atoms with Crippen molar-refractivity contribution in [2.45, 2.75) is 12.8 Å². The summed E-state index contributed by atoms with van der Waals surface area (Å²) in [6, 6.07) is 12.1. The Hall–Kier alpha value is -3.53. The van der Waals surface area contributed by atoms with Crippen LogP contribution in [-0.4, -0.2) is 25.5 Å². The maximum atomic E-state index is 12.1. The van der Waals surface area contributed by atoms with Crippen molar-refractivity contribution in [3.63, 3.8) is 0 Å². The molecule has 132 valence electrons. The fourth-order valence-corrected chi connectivity index (χ4v) is 2.66. The van der Waals surface area contributed by atoms with Crippen LogP contribution in [0, 0.1) is 11.3 Å².